The van der Waals surface area contributed by atoms with Crippen molar-refractivity contribution in [2.45, 2.75) is 38.1 Å². The summed E-state index contributed by atoms with van der Waals surface area (Å²) in [5.41, 5.74) is 15.8. The second-order valence-corrected chi connectivity index (χ2v) is 11.0. The summed E-state index contributed by atoms with van der Waals surface area (Å²) in [6.07, 6.45) is 6.85. The van der Waals surface area contributed by atoms with Gasteiger partial charge in [-0.25, -0.2) is 14.8 Å². The van der Waals surface area contributed by atoms with E-state index >= 15 is 0 Å². The molecule has 2 heterocycles. The smallest absolute Gasteiger partial charge is 0.323 e. The number of primary amides is 1. The van der Waals surface area contributed by atoms with Crippen molar-refractivity contribution in [2.24, 2.45) is 23.3 Å². The highest BCUT2D eigenvalue weighted by Gasteiger charge is 2.36. The minimum Gasteiger partial charge on any atom is -0.368 e. The Kier molecular flexibility index (Phi) is 8.16. The van der Waals surface area contributed by atoms with E-state index in [-0.39, 0.29) is 23.9 Å². The van der Waals surface area contributed by atoms with Crippen LogP contribution in [0.1, 0.15) is 31.2 Å². The molecule has 0 bridgehead atoms. The molecule has 0 aliphatic heterocycles. The Balaban J connectivity index is 1.49. The Morgan fingerprint density at radius 3 is 2.34 bits per heavy atom. The Bertz CT molecular complexity index is 1590. The molecular formula is C30H36N8O3. The quantitative estimate of drug-likeness (QED) is 0.246. The van der Waals surface area contributed by atoms with Crippen molar-refractivity contribution in [3.05, 3.63) is 70.9 Å². The van der Waals surface area contributed by atoms with E-state index in [1.807, 2.05) is 43.3 Å². The number of nitrogens with zero attached hydrogens (tertiary/aromatic N) is 4. The van der Waals surface area contributed by atoms with E-state index < -0.39 is 11.9 Å². The van der Waals surface area contributed by atoms with Gasteiger partial charge in [-0.3, -0.25) is 14.5 Å². The molecule has 2 aromatic heterocycles. The van der Waals surface area contributed by atoms with Crippen LogP contribution < -0.4 is 27.0 Å². The number of anilines is 2. The number of hydrogen-bond acceptors (Lipinski definition) is 7. The first kappa shape index (κ1) is 28.0. The lowest BCUT2D eigenvalue weighted by Gasteiger charge is -2.35. The number of amides is 2. The Hall–Kier alpha value is -4.51. The SMILES string of the molecule is CN(C)c1ncc(-c2cccc(C[C@@H](C(N)=O)N(C(=O)C3CCC(CN)CC3)c3ccc4[nH]c(=O)[nH]c4c3)c2)cn1. The topological polar surface area (TPSA) is 167 Å². The number of imidazole rings is 1. The molecule has 2 aromatic carbocycles. The lowest BCUT2D eigenvalue weighted by molar-refractivity contribution is -0.127. The largest absolute Gasteiger partial charge is 0.368 e. The lowest BCUT2D eigenvalue weighted by atomic mass is 9.81. The zero-order valence-electron chi connectivity index (χ0n) is 23.3. The number of carbonyl (C=O) groups is 2. The third-order valence-corrected chi connectivity index (χ3v) is 7.91. The molecule has 1 saturated carbocycles. The number of aromatic amines is 2. The number of rotatable bonds is 9. The number of carbonyl (C=O) groups excluding carboxylic acids is 2. The summed E-state index contributed by atoms with van der Waals surface area (Å²) in [7, 11) is 3.75. The molecule has 0 unspecified atom stereocenters. The number of nitrogens with two attached hydrogens (primary N) is 2. The van der Waals surface area contributed by atoms with Crippen LogP contribution in [0, 0.1) is 11.8 Å². The minimum atomic E-state index is -0.944. The Morgan fingerprint density at radius 1 is 0.976 bits per heavy atom. The maximum absolute atomic E-state index is 14.1. The second kappa shape index (κ2) is 11.9. The molecule has 1 aliphatic carbocycles. The van der Waals surface area contributed by atoms with E-state index in [0.29, 0.717) is 48.0 Å². The molecule has 41 heavy (non-hydrogen) atoms. The fraction of sp³-hybridized carbons (Fsp3) is 0.367. The summed E-state index contributed by atoms with van der Waals surface area (Å²) in [6.45, 7) is 0.602. The number of nitrogens with one attached hydrogen (secondary N) is 2. The number of fused-ring (bicyclic) bond motifs is 1. The van der Waals surface area contributed by atoms with Gasteiger partial charge in [-0.05, 0) is 67.5 Å². The number of H-pyrrole nitrogens is 2. The Labute approximate surface area is 238 Å². The molecule has 4 aromatic rings. The zero-order chi connectivity index (χ0) is 29.1. The summed E-state index contributed by atoms with van der Waals surface area (Å²) in [4.78, 5) is 56.7. The molecule has 0 spiro atoms. The summed E-state index contributed by atoms with van der Waals surface area (Å²) in [6, 6.07) is 12.0. The van der Waals surface area contributed by atoms with Crippen LogP contribution in [-0.4, -0.2) is 58.4 Å². The fourth-order valence-corrected chi connectivity index (χ4v) is 5.59. The first-order valence-electron chi connectivity index (χ1n) is 13.9. The molecule has 214 valence electrons. The molecule has 6 N–H and O–H groups in total. The summed E-state index contributed by atoms with van der Waals surface area (Å²) in [5, 5.41) is 0. The molecular weight excluding hydrogens is 520 g/mol. The van der Waals surface area contributed by atoms with Crippen molar-refractivity contribution in [3.8, 4) is 11.1 Å². The molecule has 1 atom stereocenters. The van der Waals surface area contributed by atoms with Crippen LogP contribution in [0.5, 0.6) is 0 Å². The van der Waals surface area contributed by atoms with Gasteiger partial charge in [0, 0.05) is 50.1 Å². The van der Waals surface area contributed by atoms with Crippen LogP contribution >= 0.6 is 0 Å². The van der Waals surface area contributed by atoms with Gasteiger partial charge in [0.25, 0.3) is 0 Å². The molecule has 1 aliphatic rings. The van der Waals surface area contributed by atoms with Crippen LogP contribution in [0.3, 0.4) is 0 Å². The average Bonchev–Trinajstić information content (AvgIpc) is 3.36. The standard InChI is InChI=1S/C30H36N8O3/c1-37(2)29-33-16-22(17-34-29)21-5-3-4-19(12-21)13-26(27(32)39)38(28(40)20-8-6-18(15-31)7-9-20)23-10-11-24-25(14-23)36-30(41)35-24/h3-5,10-12,14,16-18,20,26H,6-9,13,15,31H2,1-2H3,(H2,32,39)(H2,35,36,41)/t18?,20?,26-/m0/s1. The van der Waals surface area contributed by atoms with E-state index in [1.54, 1.807) is 30.6 Å². The maximum Gasteiger partial charge on any atom is 0.323 e. The Morgan fingerprint density at radius 2 is 1.68 bits per heavy atom. The van der Waals surface area contributed by atoms with Gasteiger partial charge in [-0.15, -0.1) is 0 Å². The highest BCUT2D eigenvalue weighted by molar-refractivity contribution is 6.02. The van der Waals surface area contributed by atoms with Gasteiger partial charge in [-0.1, -0.05) is 24.3 Å². The van der Waals surface area contributed by atoms with Crippen molar-refractivity contribution in [1.82, 2.24) is 19.9 Å². The third kappa shape index (κ3) is 6.14. The van der Waals surface area contributed by atoms with Crippen LogP contribution in [0.25, 0.3) is 22.2 Å². The molecule has 11 nitrogen and oxygen atoms in total. The summed E-state index contributed by atoms with van der Waals surface area (Å²) >= 11 is 0. The molecule has 0 saturated heterocycles. The second-order valence-electron chi connectivity index (χ2n) is 11.0. The van der Waals surface area contributed by atoms with E-state index in [9.17, 15) is 14.4 Å². The van der Waals surface area contributed by atoms with Crippen molar-refractivity contribution in [1.29, 1.82) is 0 Å². The van der Waals surface area contributed by atoms with Crippen molar-refractivity contribution >= 4 is 34.5 Å². The zero-order valence-corrected chi connectivity index (χ0v) is 23.3. The monoisotopic (exact) mass is 556 g/mol. The van der Waals surface area contributed by atoms with Gasteiger partial charge in [0.2, 0.25) is 17.8 Å². The van der Waals surface area contributed by atoms with Gasteiger partial charge in [-0.2, -0.15) is 0 Å². The third-order valence-electron chi connectivity index (χ3n) is 7.91. The molecule has 0 radical (unpaired) electrons. The van der Waals surface area contributed by atoms with Crippen LogP contribution in [-0.2, 0) is 16.0 Å². The fourth-order valence-electron chi connectivity index (χ4n) is 5.59. The van der Waals surface area contributed by atoms with E-state index in [2.05, 4.69) is 19.9 Å². The van der Waals surface area contributed by atoms with Crippen molar-refractivity contribution < 1.29 is 9.59 Å². The predicted octanol–water partition coefficient (Wildman–Crippen LogP) is 2.57. The van der Waals surface area contributed by atoms with Gasteiger partial charge < -0.3 is 26.3 Å². The first-order valence-corrected chi connectivity index (χ1v) is 13.9. The summed E-state index contributed by atoms with van der Waals surface area (Å²) in [5.74, 6) is -0.00122. The van der Waals surface area contributed by atoms with Crippen molar-refractivity contribution in [3.63, 3.8) is 0 Å². The molecule has 11 heteroatoms. The van der Waals surface area contributed by atoms with Gasteiger partial charge in [0.1, 0.15) is 6.04 Å². The number of hydrogen-bond donors (Lipinski definition) is 4. The highest BCUT2D eigenvalue weighted by Crippen LogP contribution is 2.33. The predicted molar refractivity (Wildman–Crippen MR) is 159 cm³/mol. The van der Waals surface area contributed by atoms with Crippen molar-refractivity contribution in [2.75, 3.05) is 30.4 Å². The van der Waals surface area contributed by atoms with Gasteiger partial charge in [0.15, 0.2) is 0 Å². The minimum absolute atomic E-state index is 0.148. The highest BCUT2D eigenvalue weighted by atomic mass is 16.2. The molecule has 1 fully saturated rings. The average molecular weight is 557 g/mol. The van der Waals surface area contributed by atoms with Gasteiger partial charge >= 0.3 is 5.69 Å². The summed E-state index contributed by atoms with van der Waals surface area (Å²) < 4.78 is 0. The van der Waals surface area contributed by atoms with E-state index in [1.165, 1.54) is 4.90 Å². The number of aromatic nitrogens is 4. The molecule has 2 amide bonds. The molecule has 5 rings (SSSR count). The van der Waals surface area contributed by atoms with Gasteiger partial charge in [0.05, 0.1) is 11.0 Å². The first-order chi connectivity index (χ1) is 19.7. The van der Waals surface area contributed by atoms with Crippen LogP contribution in [0.15, 0.2) is 59.7 Å². The van der Waals surface area contributed by atoms with E-state index in [4.69, 9.17) is 11.5 Å². The van der Waals surface area contributed by atoms with E-state index in [0.717, 1.165) is 29.5 Å². The van der Waals surface area contributed by atoms with Crippen LogP contribution in [0.2, 0.25) is 0 Å². The number of benzene rings is 2. The normalized spacial score (nSPS) is 17.7. The van der Waals surface area contributed by atoms with Crippen LogP contribution in [0.4, 0.5) is 11.6 Å². The maximum atomic E-state index is 14.1. The lowest BCUT2D eigenvalue weighted by Crippen LogP contribution is -2.52.